The Bertz CT molecular complexity index is 1540. The van der Waals surface area contributed by atoms with Crippen molar-refractivity contribution in [1.29, 1.82) is 0 Å². The predicted molar refractivity (Wildman–Crippen MR) is 124 cm³/mol. The van der Waals surface area contributed by atoms with Gasteiger partial charge in [0.15, 0.2) is 17.1 Å². The Morgan fingerprint density at radius 2 is 1.71 bits per heavy atom. The summed E-state index contributed by atoms with van der Waals surface area (Å²) in [5.74, 6) is 2.80. The van der Waals surface area contributed by atoms with Gasteiger partial charge in [-0.3, -0.25) is 0 Å². The number of aromatic nitrogens is 6. The predicted octanol–water partition coefficient (Wildman–Crippen LogP) is 4.23. The zero-order valence-electron chi connectivity index (χ0n) is 19.2. The maximum absolute atomic E-state index is 6.41. The van der Waals surface area contributed by atoms with Crippen molar-refractivity contribution in [2.24, 2.45) is 0 Å². The third kappa shape index (κ3) is 2.93. The fourth-order valence-corrected chi connectivity index (χ4v) is 4.59. The van der Waals surface area contributed by atoms with Crippen molar-refractivity contribution in [3.05, 3.63) is 83.1 Å². The van der Waals surface area contributed by atoms with Crippen molar-refractivity contribution in [2.45, 2.75) is 19.8 Å². The topological polar surface area (TPSA) is 88.6 Å². The molecule has 34 heavy (non-hydrogen) atoms. The van der Waals surface area contributed by atoms with Gasteiger partial charge in [-0.2, -0.15) is 10.2 Å². The maximum Gasteiger partial charge on any atom is 0.230 e. The quantitative estimate of drug-likeness (QED) is 0.394. The molecule has 1 aliphatic heterocycles. The monoisotopic (exact) mass is 454 g/mol. The van der Waals surface area contributed by atoms with E-state index in [4.69, 9.17) is 24.3 Å². The molecule has 0 unspecified atom stereocenters. The summed E-state index contributed by atoms with van der Waals surface area (Å²) in [6.45, 7) is 3.85. The molecule has 0 bridgehead atoms. The van der Waals surface area contributed by atoms with Crippen LogP contribution in [0.1, 0.15) is 34.1 Å². The average Bonchev–Trinajstić information content (AvgIpc) is 3.41. The first kappa shape index (κ1) is 20.2. The lowest BCUT2D eigenvalue weighted by Crippen LogP contribution is -2.16. The third-order valence-electron chi connectivity index (χ3n) is 6.07. The Morgan fingerprint density at radius 3 is 2.47 bits per heavy atom. The van der Waals surface area contributed by atoms with Crippen LogP contribution in [0.2, 0.25) is 0 Å². The van der Waals surface area contributed by atoms with Gasteiger partial charge in [-0.05, 0) is 43.7 Å². The minimum Gasteiger partial charge on any atom is -0.493 e. The molecule has 0 N–H and O–H groups in total. The number of methoxy groups -OCH3 is 2. The van der Waals surface area contributed by atoms with Crippen LogP contribution in [0, 0.1) is 13.8 Å². The van der Waals surface area contributed by atoms with E-state index in [1.165, 1.54) is 0 Å². The lowest BCUT2D eigenvalue weighted by molar-refractivity contribution is 0.354. The molecule has 0 spiro atoms. The first-order valence-electron chi connectivity index (χ1n) is 10.9. The van der Waals surface area contributed by atoms with Crippen LogP contribution in [-0.4, -0.2) is 43.6 Å². The molecule has 170 valence electrons. The molecule has 0 amide bonds. The van der Waals surface area contributed by atoms with Crippen molar-refractivity contribution in [3.8, 4) is 28.9 Å². The van der Waals surface area contributed by atoms with Gasteiger partial charge >= 0.3 is 0 Å². The number of fused-ring (bicyclic) bond motifs is 4. The van der Waals surface area contributed by atoms with E-state index in [9.17, 15) is 0 Å². The first-order chi connectivity index (χ1) is 16.6. The number of nitrogens with zero attached hydrogens (tertiary/aromatic N) is 6. The summed E-state index contributed by atoms with van der Waals surface area (Å²) in [6.07, 6.45) is 1.63. The Kier molecular flexibility index (Phi) is 4.51. The second-order valence-electron chi connectivity index (χ2n) is 8.09. The van der Waals surface area contributed by atoms with Gasteiger partial charge in [0.25, 0.3) is 0 Å². The fraction of sp³-hybridized carbons (Fsp3) is 0.200. The molecule has 6 rings (SSSR count). The largest absolute Gasteiger partial charge is 0.493 e. The highest BCUT2D eigenvalue weighted by molar-refractivity contribution is 5.67. The van der Waals surface area contributed by atoms with Crippen LogP contribution in [0.5, 0.6) is 23.3 Å². The second-order valence-corrected chi connectivity index (χ2v) is 8.09. The Morgan fingerprint density at radius 1 is 0.912 bits per heavy atom. The van der Waals surface area contributed by atoms with Gasteiger partial charge in [0.1, 0.15) is 12.2 Å². The van der Waals surface area contributed by atoms with Crippen LogP contribution in [-0.2, 0) is 0 Å². The highest BCUT2D eigenvalue weighted by atomic mass is 16.5. The normalized spacial score (nSPS) is 14.4. The van der Waals surface area contributed by atoms with E-state index in [2.05, 4.69) is 10.1 Å². The number of hydrogen-bond donors (Lipinski definition) is 0. The highest BCUT2D eigenvalue weighted by Crippen LogP contribution is 2.50. The minimum absolute atomic E-state index is 0.254. The zero-order chi connectivity index (χ0) is 23.4. The van der Waals surface area contributed by atoms with E-state index < -0.39 is 0 Å². The molecule has 1 atom stereocenters. The molecule has 0 saturated carbocycles. The van der Waals surface area contributed by atoms with E-state index in [0.29, 0.717) is 34.7 Å². The van der Waals surface area contributed by atoms with Gasteiger partial charge in [0.05, 0.1) is 42.6 Å². The fourth-order valence-electron chi connectivity index (χ4n) is 4.59. The first-order valence-corrected chi connectivity index (χ1v) is 10.9. The van der Waals surface area contributed by atoms with E-state index in [0.717, 1.165) is 28.1 Å². The minimum atomic E-state index is -0.254. The summed E-state index contributed by atoms with van der Waals surface area (Å²) >= 11 is 0. The smallest absolute Gasteiger partial charge is 0.230 e. The molecular weight excluding hydrogens is 432 g/mol. The molecule has 5 aromatic rings. The molecule has 2 aromatic carbocycles. The molecular formula is C25H22N6O3. The number of benzene rings is 2. The van der Waals surface area contributed by atoms with E-state index in [1.54, 1.807) is 25.1 Å². The van der Waals surface area contributed by atoms with Crippen LogP contribution in [0.25, 0.3) is 11.3 Å². The zero-order valence-corrected chi connectivity index (χ0v) is 19.2. The SMILES string of the molecule is COc1ccc([C@H]2c3c(C)nn(-c4ccccc4)c3Oc3ncn4nc(C)nc4c32)cc1OC. The maximum atomic E-state index is 6.41. The van der Waals surface area contributed by atoms with Gasteiger partial charge in [-0.1, -0.05) is 24.3 Å². The van der Waals surface area contributed by atoms with E-state index >= 15 is 0 Å². The van der Waals surface area contributed by atoms with E-state index in [-0.39, 0.29) is 5.92 Å². The third-order valence-corrected chi connectivity index (χ3v) is 6.07. The second kappa shape index (κ2) is 7.58. The molecule has 0 aliphatic carbocycles. The van der Waals surface area contributed by atoms with Crippen LogP contribution < -0.4 is 14.2 Å². The molecule has 0 radical (unpaired) electrons. The number of rotatable bonds is 4. The Hall–Kier alpha value is -4.40. The van der Waals surface area contributed by atoms with Crippen molar-refractivity contribution >= 4 is 5.65 Å². The average molecular weight is 454 g/mol. The Balaban J connectivity index is 1.66. The highest BCUT2D eigenvalue weighted by Gasteiger charge is 2.38. The molecule has 0 saturated heterocycles. The summed E-state index contributed by atoms with van der Waals surface area (Å²) in [5.41, 5.74) is 5.20. The number of para-hydroxylation sites is 1. The van der Waals surface area contributed by atoms with Crippen LogP contribution >= 0.6 is 0 Å². The van der Waals surface area contributed by atoms with Gasteiger partial charge in [0.2, 0.25) is 11.8 Å². The summed E-state index contributed by atoms with van der Waals surface area (Å²) in [6, 6.07) is 15.8. The summed E-state index contributed by atoms with van der Waals surface area (Å²) < 4.78 is 21.0. The molecule has 1 aliphatic rings. The van der Waals surface area contributed by atoms with Crippen molar-refractivity contribution < 1.29 is 14.2 Å². The standard InChI is InChI=1S/C25H22N6O3/c1-14-20-21(16-10-11-18(32-3)19(12-16)33-4)22-23-27-15(2)29-30(23)13-26-24(22)34-25(20)31(28-14)17-8-6-5-7-9-17/h5-13,21H,1-4H3/t21-/m0/s1. The van der Waals surface area contributed by atoms with Crippen LogP contribution in [0.15, 0.2) is 54.9 Å². The molecule has 3 aromatic heterocycles. The van der Waals surface area contributed by atoms with Crippen LogP contribution in [0.4, 0.5) is 0 Å². The summed E-state index contributed by atoms with van der Waals surface area (Å²) in [5, 5.41) is 9.31. The van der Waals surface area contributed by atoms with Crippen molar-refractivity contribution in [3.63, 3.8) is 0 Å². The van der Waals surface area contributed by atoms with Crippen LogP contribution in [0.3, 0.4) is 0 Å². The van der Waals surface area contributed by atoms with Gasteiger partial charge in [-0.15, -0.1) is 0 Å². The van der Waals surface area contributed by atoms with Crippen molar-refractivity contribution in [1.82, 2.24) is 29.4 Å². The van der Waals surface area contributed by atoms with Gasteiger partial charge in [0, 0.05) is 0 Å². The Labute approximate surface area is 195 Å². The van der Waals surface area contributed by atoms with Gasteiger partial charge < -0.3 is 14.2 Å². The van der Waals surface area contributed by atoms with Crippen molar-refractivity contribution in [2.75, 3.05) is 14.2 Å². The van der Waals surface area contributed by atoms with Gasteiger partial charge in [-0.25, -0.2) is 19.2 Å². The number of ether oxygens (including phenoxy) is 3. The number of hydrogen-bond acceptors (Lipinski definition) is 7. The molecule has 4 heterocycles. The van der Waals surface area contributed by atoms with E-state index in [1.807, 2.05) is 67.1 Å². The lowest BCUT2D eigenvalue weighted by Gasteiger charge is -2.26. The molecule has 9 heteroatoms. The summed E-state index contributed by atoms with van der Waals surface area (Å²) in [4.78, 5) is 9.29. The lowest BCUT2D eigenvalue weighted by atomic mass is 9.84. The number of aryl methyl sites for hydroxylation is 2. The summed E-state index contributed by atoms with van der Waals surface area (Å²) in [7, 11) is 3.26. The molecule has 0 fully saturated rings. The molecule has 9 nitrogen and oxygen atoms in total.